The van der Waals surface area contributed by atoms with E-state index >= 15 is 0 Å². The maximum atomic E-state index is 12.5. The number of unbranched alkanes of at least 4 members (excludes halogenated alkanes) is 1. The van der Waals surface area contributed by atoms with Gasteiger partial charge in [0.2, 0.25) is 0 Å². The van der Waals surface area contributed by atoms with Crippen LogP contribution in [0.4, 0.5) is 0 Å². The van der Waals surface area contributed by atoms with Crippen LogP contribution >= 0.6 is 11.6 Å². The molecule has 1 aromatic heterocycles. The summed E-state index contributed by atoms with van der Waals surface area (Å²) in [5.74, 6) is 1.34. The first-order valence-corrected chi connectivity index (χ1v) is 7.58. The molecular weight excluding hydrogens is 260 g/mol. The van der Waals surface area contributed by atoms with Gasteiger partial charge in [-0.25, -0.2) is 4.98 Å². The van der Waals surface area contributed by atoms with Crippen LogP contribution in [0.15, 0.2) is 10.9 Å². The molecular formula is C15H21ClN2O. The van der Waals surface area contributed by atoms with Crippen molar-refractivity contribution >= 4 is 17.2 Å². The van der Waals surface area contributed by atoms with Gasteiger partial charge in [0.25, 0.3) is 5.56 Å². The maximum absolute atomic E-state index is 12.5. The Hall–Kier alpha value is -1.09. The predicted octanol–water partition coefficient (Wildman–Crippen LogP) is 3.31. The Morgan fingerprint density at radius 2 is 2.26 bits per heavy atom. The number of nitrogens with zero attached hydrogens (tertiary/aromatic N) is 2. The molecule has 0 saturated carbocycles. The smallest absolute Gasteiger partial charge is 0.257 e. The van der Waals surface area contributed by atoms with Gasteiger partial charge in [0.1, 0.15) is 5.82 Å². The van der Waals surface area contributed by atoms with Crippen LogP contribution in [-0.4, -0.2) is 15.4 Å². The van der Waals surface area contributed by atoms with Crippen LogP contribution in [0.1, 0.15) is 49.7 Å². The highest BCUT2D eigenvalue weighted by Crippen LogP contribution is 2.24. The number of halogens is 1. The largest absolute Gasteiger partial charge is 0.293 e. The predicted molar refractivity (Wildman–Crippen MR) is 79.8 cm³/mol. The topological polar surface area (TPSA) is 34.9 Å². The number of fused-ring (bicyclic) bond motifs is 1. The van der Waals surface area contributed by atoms with Crippen LogP contribution < -0.4 is 5.56 Å². The zero-order chi connectivity index (χ0) is 13.8. The van der Waals surface area contributed by atoms with E-state index in [2.05, 4.69) is 18.0 Å². The average Bonchev–Trinajstić information content (AvgIpc) is 2.41. The molecule has 0 N–H and O–H groups in total. The summed E-state index contributed by atoms with van der Waals surface area (Å²) in [7, 11) is 0. The zero-order valence-electron chi connectivity index (χ0n) is 11.7. The lowest BCUT2D eigenvalue weighted by molar-refractivity contribution is 0.570. The van der Waals surface area contributed by atoms with Crippen molar-refractivity contribution < 1.29 is 0 Å². The van der Waals surface area contributed by atoms with Crippen molar-refractivity contribution in [2.24, 2.45) is 0 Å². The monoisotopic (exact) mass is 280 g/mol. The van der Waals surface area contributed by atoms with E-state index in [-0.39, 0.29) is 5.56 Å². The van der Waals surface area contributed by atoms with Crippen LogP contribution in [-0.2, 0) is 13.0 Å². The first-order chi connectivity index (χ1) is 9.19. The lowest BCUT2D eigenvalue weighted by Crippen LogP contribution is -2.31. The molecule has 0 amide bonds. The minimum Gasteiger partial charge on any atom is -0.293 e. The number of hydrogen-bond donors (Lipinski definition) is 0. The minimum absolute atomic E-state index is 0.102. The van der Waals surface area contributed by atoms with Crippen LogP contribution in [0.2, 0.25) is 0 Å². The van der Waals surface area contributed by atoms with Crippen molar-refractivity contribution in [3.8, 4) is 0 Å². The fourth-order valence-corrected chi connectivity index (χ4v) is 2.78. The molecule has 0 spiro atoms. The molecule has 3 nitrogen and oxygen atoms in total. The van der Waals surface area contributed by atoms with E-state index in [1.54, 1.807) is 0 Å². The maximum Gasteiger partial charge on any atom is 0.257 e. The van der Waals surface area contributed by atoms with Crippen LogP contribution in [0.3, 0.4) is 0 Å². The van der Waals surface area contributed by atoms with Crippen LogP contribution in [0.25, 0.3) is 5.57 Å². The van der Waals surface area contributed by atoms with Gasteiger partial charge >= 0.3 is 0 Å². The van der Waals surface area contributed by atoms with Crippen molar-refractivity contribution in [3.05, 3.63) is 33.5 Å². The molecule has 0 atom stereocenters. The number of rotatable bonds is 4. The second-order valence-corrected chi connectivity index (χ2v) is 5.39. The molecule has 4 heteroatoms. The van der Waals surface area contributed by atoms with E-state index in [1.807, 2.05) is 11.5 Å². The molecule has 0 unspecified atom stereocenters. The number of hydrogen-bond acceptors (Lipinski definition) is 2. The normalized spacial score (nSPS) is 16.7. The molecule has 0 saturated heterocycles. The summed E-state index contributed by atoms with van der Waals surface area (Å²) < 4.78 is 1.83. The summed E-state index contributed by atoms with van der Waals surface area (Å²) in [6.45, 7) is 4.85. The summed E-state index contributed by atoms with van der Waals surface area (Å²) in [6, 6.07) is 0. The third-order valence-electron chi connectivity index (χ3n) is 3.61. The Labute approximate surface area is 119 Å². The highest BCUT2D eigenvalue weighted by atomic mass is 35.5. The standard InChI is InChI=1S/C15H21ClN2O/c1-3-4-6-12-7-5-10-18-14(12)17-11(2)13(8-9-16)15(18)19/h6H,3-5,7-10H2,1-2H3. The first-order valence-electron chi connectivity index (χ1n) is 7.04. The van der Waals surface area contributed by atoms with Gasteiger partial charge in [-0.2, -0.15) is 0 Å². The minimum atomic E-state index is 0.102. The Morgan fingerprint density at radius 1 is 1.47 bits per heavy atom. The highest BCUT2D eigenvalue weighted by molar-refractivity contribution is 6.18. The average molecular weight is 281 g/mol. The van der Waals surface area contributed by atoms with Crippen molar-refractivity contribution in [1.82, 2.24) is 9.55 Å². The van der Waals surface area contributed by atoms with E-state index in [0.717, 1.165) is 49.3 Å². The second-order valence-electron chi connectivity index (χ2n) is 5.02. The lowest BCUT2D eigenvalue weighted by atomic mass is 10.0. The van der Waals surface area contributed by atoms with E-state index in [9.17, 15) is 4.79 Å². The van der Waals surface area contributed by atoms with Gasteiger partial charge in [0, 0.05) is 23.7 Å². The van der Waals surface area contributed by atoms with Crippen molar-refractivity contribution in [2.45, 2.75) is 52.5 Å². The molecule has 1 aliphatic rings. The van der Waals surface area contributed by atoms with Gasteiger partial charge in [-0.15, -0.1) is 11.6 Å². The summed E-state index contributed by atoms with van der Waals surface area (Å²) in [5.41, 5.74) is 2.94. The van der Waals surface area contributed by atoms with Crippen LogP contribution in [0.5, 0.6) is 0 Å². The van der Waals surface area contributed by atoms with E-state index in [0.29, 0.717) is 12.3 Å². The molecule has 2 heterocycles. The van der Waals surface area contributed by atoms with Crippen molar-refractivity contribution in [3.63, 3.8) is 0 Å². The number of aromatic nitrogens is 2. The van der Waals surface area contributed by atoms with Gasteiger partial charge in [-0.1, -0.05) is 19.4 Å². The quantitative estimate of drug-likeness (QED) is 0.793. The fraction of sp³-hybridized carbons (Fsp3) is 0.600. The molecule has 0 fully saturated rings. The first kappa shape index (κ1) is 14.3. The molecule has 0 aromatic carbocycles. The molecule has 0 aliphatic carbocycles. The Morgan fingerprint density at radius 3 is 2.95 bits per heavy atom. The SMILES string of the molecule is CCCC=C1CCCn2c1nc(C)c(CCCl)c2=O. The Balaban J connectivity index is 2.52. The van der Waals surface area contributed by atoms with Gasteiger partial charge in [0.15, 0.2) is 0 Å². The van der Waals surface area contributed by atoms with E-state index in [1.165, 1.54) is 5.57 Å². The van der Waals surface area contributed by atoms with Crippen LogP contribution in [0, 0.1) is 6.92 Å². The molecule has 2 rings (SSSR count). The lowest BCUT2D eigenvalue weighted by Gasteiger charge is -2.22. The van der Waals surface area contributed by atoms with E-state index in [4.69, 9.17) is 11.6 Å². The summed E-state index contributed by atoms with van der Waals surface area (Å²) in [4.78, 5) is 17.1. The summed E-state index contributed by atoms with van der Waals surface area (Å²) in [6.07, 6.45) is 7.06. The Bertz CT molecular complexity index is 546. The van der Waals surface area contributed by atoms with Gasteiger partial charge in [0.05, 0.1) is 0 Å². The molecule has 1 aromatic rings. The third kappa shape index (κ3) is 2.92. The van der Waals surface area contributed by atoms with Crippen molar-refractivity contribution in [1.29, 1.82) is 0 Å². The van der Waals surface area contributed by atoms with Crippen molar-refractivity contribution in [2.75, 3.05) is 5.88 Å². The molecule has 0 radical (unpaired) electrons. The molecule has 104 valence electrons. The van der Waals surface area contributed by atoms with Gasteiger partial charge < -0.3 is 0 Å². The molecule has 19 heavy (non-hydrogen) atoms. The molecule has 0 bridgehead atoms. The highest BCUT2D eigenvalue weighted by Gasteiger charge is 2.19. The summed E-state index contributed by atoms with van der Waals surface area (Å²) in [5, 5.41) is 0. The number of allylic oxidation sites excluding steroid dienone is 2. The zero-order valence-corrected chi connectivity index (χ0v) is 12.5. The summed E-state index contributed by atoms with van der Waals surface area (Å²) >= 11 is 5.77. The fourth-order valence-electron chi connectivity index (χ4n) is 2.59. The third-order valence-corrected chi connectivity index (χ3v) is 3.80. The van der Waals surface area contributed by atoms with Gasteiger partial charge in [-0.05, 0) is 38.2 Å². The van der Waals surface area contributed by atoms with E-state index < -0.39 is 0 Å². The van der Waals surface area contributed by atoms with Gasteiger partial charge in [-0.3, -0.25) is 9.36 Å². The molecule has 1 aliphatic heterocycles. The number of alkyl halides is 1. The Kier molecular flexibility index (Phi) is 4.81. The second kappa shape index (κ2) is 6.38. The number of aryl methyl sites for hydroxylation is 1.